The molecule has 2 N–H and O–H groups in total. The third kappa shape index (κ3) is 3.73. The van der Waals surface area contributed by atoms with Crippen molar-refractivity contribution < 1.29 is 17.9 Å². The van der Waals surface area contributed by atoms with Gasteiger partial charge >= 0.3 is 0 Å². The topological polar surface area (TPSA) is 104 Å². The molecule has 0 unspecified atom stereocenters. The molecule has 9 heteroatoms. The molecule has 140 valence electrons. The highest BCUT2D eigenvalue weighted by atomic mass is 32.2. The average Bonchev–Trinajstić information content (AvgIpc) is 3.17. The number of ether oxygens (including phenoxy) is 1. The van der Waals surface area contributed by atoms with Gasteiger partial charge in [-0.15, -0.1) is 0 Å². The Balaban J connectivity index is 1.63. The lowest BCUT2D eigenvalue weighted by molar-refractivity contribution is -0.120. The van der Waals surface area contributed by atoms with Crippen LogP contribution >= 0.6 is 0 Å². The Morgan fingerprint density at radius 2 is 2.08 bits per heavy atom. The molecule has 1 aliphatic heterocycles. The van der Waals surface area contributed by atoms with Gasteiger partial charge in [0.1, 0.15) is 5.75 Å². The maximum atomic E-state index is 12.6. The number of carbonyl (C=O) groups excluding carboxylic acids is 1. The van der Waals surface area contributed by atoms with Crippen molar-refractivity contribution >= 4 is 21.6 Å². The summed E-state index contributed by atoms with van der Waals surface area (Å²) >= 11 is 0. The van der Waals surface area contributed by atoms with E-state index in [4.69, 9.17) is 4.74 Å². The molecule has 1 amide bonds. The number of H-pyrrole nitrogens is 1. The van der Waals surface area contributed by atoms with Gasteiger partial charge in [-0.05, 0) is 37.5 Å². The summed E-state index contributed by atoms with van der Waals surface area (Å²) in [6.45, 7) is 2.53. The van der Waals surface area contributed by atoms with Crippen LogP contribution in [0, 0.1) is 12.8 Å². The standard InChI is InChI=1S/C17H22N4O4S/c1-12-3-4-15(25-2)14(9-12)20-17(22)13-5-7-21(8-6-13)26(23,24)16-10-18-11-19-16/h3-4,9-11,13H,5-8H2,1-2H3,(H,18,19)(H,20,22). The van der Waals surface area contributed by atoms with Crippen molar-refractivity contribution in [3.05, 3.63) is 36.3 Å². The van der Waals surface area contributed by atoms with E-state index >= 15 is 0 Å². The lowest BCUT2D eigenvalue weighted by atomic mass is 9.97. The first kappa shape index (κ1) is 18.4. The van der Waals surface area contributed by atoms with E-state index in [-0.39, 0.29) is 16.9 Å². The van der Waals surface area contributed by atoms with Crippen molar-refractivity contribution in [3.8, 4) is 5.75 Å². The number of imidazole rings is 1. The van der Waals surface area contributed by atoms with Crippen LogP contribution in [0.2, 0.25) is 0 Å². The number of carbonyl (C=O) groups is 1. The van der Waals surface area contributed by atoms with Crippen LogP contribution in [0.25, 0.3) is 0 Å². The van der Waals surface area contributed by atoms with E-state index in [1.165, 1.54) is 16.8 Å². The molecule has 26 heavy (non-hydrogen) atoms. The minimum Gasteiger partial charge on any atom is -0.495 e. The molecule has 1 fully saturated rings. The third-order valence-corrected chi connectivity index (χ3v) is 6.35. The molecule has 2 heterocycles. The van der Waals surface area contributed by atoms with E-state index in [2.05, 4.69) is 15.3 Å². The number of nitrogens with one attached hydrogen (secondary N) is 2. The van der Waals surface area contributed by atoms with Gasteiger partial charge in [-0.3, -0.25) is 4.79 Å². The van der Waals surface area contributed by atoms with Gasteiger partial charge in [-0.25, -0.2) is 13.4 Å². The van der Waals surface area contributed by atoms with Crippen molar-refractivity contribution in [2.24, 2.45) is 5.92 Å². The Bertz CT molecular complexity index is 872. The maximum Gasteiger partial charge on any atom is 0.260 e. The van der Waals surface area contributed by atoms with Gasteiger partial charge < -0.3 is 15.0 Å². The number of hydrogen-bond donors (Lipinski definition) is 2. The summed E-state index contributed by atoms with van der Waals surface area (Å²) in [5.41, 5.74) is 1.64. The Hall–Kier alpha value is -2.39. The number of aromatic amines is 1. The summed E-state index contributed by atoms with van der Waals surface area (Å²) in [6, 6.07) is 5.58. The zero-order chi connectivity index (χ0) is 18.7. The second kappa shape index (κ2) is 7.46. The van der Waals surface area contributed by atoms with Crippen molar-refractivity contribution in [1.82, 2.24) is 14.3 Å². The second-order valence-corrected chi connectivity index (χ2v) is 8.19. The summed E-state index contributed by atoms with van der Waals surface area (Å²) < 4.78 is 31.6. The van der Waals surface area contributed by atoms with Gasteiger partial charge in [0.05, 0.1) is 25.3 Å². The number of piperidine rings is 1. The predicted octanol–water partition coefficient (Wildman–Crippen LogP) is 1.77. The molecule has 0 saturated carbocycles. The molecule has 0 spiro atoms. The van der Waals surface area contributed by atoms with E-state index in [1.54, 1.807) is 7.11 Å². The average molecular weight is 378 g/mol. The number of benzene rings is 1. The number of aryl methyl sites for hydroxylation is 1. The minimum atomic E-state index is -3.58. The van der Waals surface area contributed by atoms with Crippen LogP contribution in [0.5, 0.6) is 5.75 Å². The summed E-state index contributed by atoms with van der Waals surface area (Å²) in [5, 5.41) is 2.98. The van der Waals surface area contributed by atoms with Crippen LogP contribution < -0.4 is 10.1 Å². The molecule has 0 aliphatic carbocycles. The first-order valence-electron chi connectivity index (χ1n) is 8.36. The summed E-state index contributed by atoms with van der Waals surface area (Å²) in [7, 11) is -2.02. The number of sulfonamides is 1. The van der Waals surface area contributed by atoms with E-state index in [1.807, 2.05) is 25.1 Å². The molecular weight excluding hydrogens is 356 g/mol. The number of nitrogens with zero attached hydrogens (tertiary/aromatic N) is 2. The van der Waals surface area contributed by atoms with Gasteiger partial charge in [0.15, 0.2) is 5.03 Å². The van der Waals surface area contributed by atoms with E-state index in [0.29, 0.717) is 37.4 Å². The zero-order valence-electron chi connectivity index (χ0n) is 14.7. The molecule has 0 atom stereocenters. The number of methoxy groups -OCH3 is 1. The normalized spacial score (nSPS) is 16.4. The van der Waals surface area contributed by atoms with Gasteiger partial charge in [-0.1, -0.05) is 6.07 Å². The number of hydrogen-bond acceptors (Lipinski definition) is 5. The summed E-state index contributed by atoms with van der Waals surface area (Å²) in [6.07, 6.45) is 3.56. The van der Waals surface area contributed by atoms with Crippen LogP contribution in [-0.4, -0.2) is 48.8 Å². The highest BCUT2D eigenvalue weighted by molar-refractivity contribution is 7.89. The molecule has 0 bridgehead atoms. The van der Waals surface area contributed by atoms with Gasteiger partial charge in [0.2, 0.25) is 5.91 Å². The molecule has 1 saturated heterocycles. The van der Waals surface area contributed by atoms with Crippen molar-refractivity contribution in [1.29, 1.82) is 0 Å². The van der Waals surface area contributed by atoms with Crippen LogP contribution in [-0.2, 0) is 14.8 Å². The highest BCUT2D eigenvalue weighted by Gasteiger charge is 2.33. The quantitative estimate of drug-likeness (QED) is 0.825. The SMILES string of the molecule is COc1ccc(C)cc1NC(=O)C1CCN(S(=O)(=O)c2cnc[nH]2)CC1. The summed E-state index contributed by atoms with van der Waals surface area (Å²) in [5.74, 6) is 0.240. The Kier molecular flexibility index (Phi) is 5.28. The molecule has 2 aromatic rings. The van der Waals surface area contributed by atoms with E-state index < -0.39 is 10.0 Å². The van der Waals surface area contributed by atoms with Crippen molar-refractivity contribution in [3.63, 3.8) is 0 Å². The van der Waals surface area contributed by atoms with E-state index in [0.717, 1.165) is 5.56 Å². The summed E-state index contributed by atoms with van der Waals surface area (Å²) in [4.78, 5) is 19.0. The highest BCUT2D eigenvalue weighted by Crippen LogP contribution is 2.28. The minimum absolute atomic E-state index is 0.0740. The van der Waals surface area contributed by atoms with Crippen LogP contribution in [0.15, 0.2) is 35.7 Å². The van der Waals surface area contributed by atoms with Crippen LogP contribution in [0.3, 0.4) is 0 Å². The van der Waals surface area contributed by atoms with Gasteiger partial charge in [0.25, 0.3) is 10.0 Å². The van der Waals surface area contributed by atoms with Crippen LogP contribution in [0.1, 0.15) is 18.4 Å². The fourth-order valence-corrected chi connectivity index (χ4v) is 4.40. The molecule has 8 nitrogen and oxygen atoms in total. The van der Waals surface area contributed by atoms with Crippen molar-refractivity contribution in [2.75, 3.05) is 25.5 Å². The second-order valence-electron chi connectivity index (χ2n) is 6.29. The first-order chi connectivity index (χ1) is 12.4. The first-order valence-corrected chi connectivity index (χ1v) is 9.80. The van der Waals surface area contributed by atoms with E-state index in [9.17, 15) is 13.2 Å². The number of amides is 1. The number of anilines is 1. The molecule has 1 aromatic carbocycles. The van der Waals surface area contributed by atoms with Crippen LogP contribution in [0.4, 0.5) is 5.69 Å². The largest absolute Gasteiger partial charge is 0.495 e. The number of aromatic nitrogens is 2. The molecule has 0 radical (unpaired) electrons. The molecule has 1 aromatic heterocycles. The Morgan fingerprint density at radius 3 is 2.69 bits per heavy atom. The van der Waals surface area contributed by atoms with Gasteiger partial charge in [0, 0.05) is 19.0 Å². The monoisotopic (exact) mass is 378 g/mol. The maximum absolute atomic E-state index is 12.6. The molecule has 3 rings (SSSR count). The van der Waals surface area contributed by atoms with Gasteiger partial charge in [-0.2, -0.15) is 4.31 Å². The lowest BCUT2D eigenvalue weighted by Crippen LogP contribution is -2.41. The molecular formula is C17H22N4O4S. The predicted molar refractivity (Wildman–Crippen MR) is 96.4 cm³/mol. The smallest absolute Gasteiger partial charge is 0.260 e. The lowest BCUT2D eigenvalue weighted by Gasteiger charge is -2.30. The Labute approximate surface area is 152 Å². The number of rotatable bonds is 5. The molecule has 1 aliphatic rings. The fraction of sp³-hybridized carbons (Fsp3) is 0.412. The van der Waals surface area contributed by atoms with Crippen molar-refractivity contribution in [2.45, 2.75) is 24.8 Å². The zero-order valence-corrected chi connectivity index (χ0v) is 15.5. The third-order valence-electron chi connectivity index (χ3n) is 4.53. The fourth-order valence-electron chi connectivity index (χ4n) is 3.04. The Morgan fingerprint density at radius 1 is 1.35 bits per heavy atom.